The molecule has 16 nitrogen and oxygen atoms in total. The number of nitrogens with one attached hydrogen (secondary N) is 1. The van der Waals surface area contributed by atoms with E-state index in [1.165, 1.54) is 5.56 Å². The molecule has 2 bridgehead atoms. The summed E-state index contributed by atoms with van der Waals surface area (Å²) in [6, 6.07) is 16.9. The number of likely N-dealkylation sites (tertiary alicyclic amines) is 1. The Morgan fingerprint density at radius 1 is 0.821 bits per heavy atom. The molecule has 6 saturated heterocycles. The van der Waals surface area contributed by atoms with Gasteiger partial charge in [0.25, 0.3) is 0 Å². The van der Waals surface area contributed by atoms with Crippen molar-refractivity contribution in [1.82, 2.24) is 30.0 Å². The number of imide groups is 1. The highest BCUT2D eigenvalue weighted by atomic mass is 19.1. The molecule has 1 spiro atoms. The van der Waals surface area contributed by atoms with Gasteiger partial charge in [-0.15, -0.1) is 10.2 Å². The van der Waals surface area contributed by atoms with Crippen molar-refractivity contribution in [1.29, 1.82) is 0 Å². The molecule has 7 fully saturated rings. The molecule has 7 aliphatic rings. The van der Waals surface area contributed by atoms with Gasteiger partial charge >= 0.3 is 6.03 Å². The van der Waals surface area contributed by atoms with Gasteiger partial charge in [0.2, 0.25) is 5.91 Å². The van der Waals surface area contributed by atoms with E-state index in [-0.39, 0.29) is 42.0 Å². The number of rotatable bonds is 9. The molecule has 2 unspecified atom stereocenters. The Bertz CT molecular complexity index is 2690. The first-order chi connectivity index (χ1) is 32.6. The monoisotopic (exact) mass is 911 g/mol. The number of nitrogens with two attached hydrogens (primary N) is 1. The number of anilines is 5. The number of hydrogen-bond acceptors (Lipinski definition) is 13. The number of aromatic hydroxyl groups is 1. The average Bonchev–Trinajstić information content (AvgIpc) is 4.07. The first-order valence-corrected chi connectivity index (χ1v) is 24.3. The van der Waals surface area contributed by atoms with Crippen LogP contribution in [0.3, 0.4) is 0 Å². The maximum Gasteiger partial charge on any atom is 0.328 e. The fourth-order valence-corrected chi connectivity index (χ4v) is 11.8. The molecule has 9 heterocycles. The van der Waals surface area contributed by atoms with Gasteiger partial charge in [-0.05, 0) is 98.4 Å². The number of piperazine rings is 1. The van der Waals surface area contributed by atoms with Crippen LogP contribution in [0, 0.1) is 11.7 Å². The second kappa shape index (κ2) is 16.9. The molecule has 6 aliphatic heterocycles. The van der Waals surface area contributed by atoms with Gasteiger partial charge in [-0.1, -0.05) is 12.1 Å². The zero-order chi connectivity index (χ0) is 45.4. The molecule has 2 aromatic carbocycles. The van der Waals surface area contributed by atoms with Gasteiger partial charge in [-0.3, -0.25) is 15.0 Å². The molecule has 67 heavy (non-hydrogen) atoms. The highest BCUT2D eigenvalue weighted by Crippen LogP contribution is 2.46. The van der Waals surface area contributed by atoms with Crippen molar-refractivity contribution < 1.29 is 28.6 Å². The first kappa shape index (κ1) is 42.3. The molecule has 17 heteroatoms. The van der Waals surface area contributed by atoms with Crippen molar-refractivity contribution in [3.63, 3.8) is 0 Å². The minimum atomic E-state index is -0.576. The standard InChI is InChI=1S/C50H58FN11O5/c51-41-10-9-33(62-34-7-8-35(62)27-59(26-34)44-23-42(55-56-47(44)52)38-3-1-2-4-45(38)63)22-43(41)58-16-11-31(12-17-58)25-57-19-14-50(15-20-57)66-29-37(30-67-50)61-28-40(32-5-6-32)39-21-36(24-53-48(39)61)60-18-13-46(64)54-49(60)65/h1-4,9-10,21-24,28,31-32,34-35,37,63H,5-8,11-20,25-27,29-30H2,(H2,52,56)(H,54,64,65). The van der Waals surface area contributed by atoms with Crippen molar-refractivity contribution in [3.05, 3.63) is 78.4 Å². The van der Waals surface area contributed by atoms with Crippen molar-refractivity contribution in [2.45, 2.75) is 87.6 Å². The van der Waals surface area contributed by atoms with Crippen molar-refractivity contribution in [2.24, 2.45) is 5.92 Å². The maximum absolute atomic E-state index is 15.7. The Hall–Kier alpha value is -6.04. The number of hydrogen-bond donors (Lipinski definition) is 3. The first-order valence-electron chi connectivity index (χ1n) is 24.3. The summed E-state index contributed by atoms with van der Waals surface area (Å²) in [6.07, 6.45) is 12.3. The molecule has 2 atom stereocenters. The number of carbonyl (C=O) groups excluding carboxylic acids is 2. The quantitative estimate of drug-likeness (QED) is 0.149. The summed E-state index contributed by atoms with van der Waals surface area (Å²) in [4.78, 5) is 40.4. The van der Waals surface area contributed by atoms with E-state index < -0.39 is 11.8 Å². The van der Waals surface area contributed by atoms with Crippen LogP contribution in [0.25, 0.3) is 22.3 Å². The normalized spacial score (nSPS) is 24.0. The van der Waals surface area contributed by atoms with Crippen molar-refractivity contribution >= 4 is 51.5 Å². The van der Waals surface area contributed by atoms with Crippen molar-refractivity contribution in [2.75, 3.05) is 90.9 Å². The minimum Gasteiger partial charge on any atom is -0.507 e. The number of fused-ring (bicyclic) bond motifs is 3. The van der Waals surface area contributed by atoms with E-state index in [1.54, 1.807) is 29.3 Å². The fraction of sp³-hybridized carbons (Fsp3) is 0.500. The smallest absolute Gasteiger partial charge is 0.328 e. The van der Waals surface area contributed by atoms with Gasteiger partial charge in [0.05, 0.1) is 48.2 Å². The lowest BCUT2D eigenvalue weighted by molar-refractivity contribution is -0.295. The largest absolute Gasteiger partial charge is 0.507 e. The molecule has 3 aromatic heterocycles. The Morgan fingerprint density at radius 3 is 2.31 bits per heavy atom. The molecule has 350 valence electrons. The Kier molecular flexibility index (Phi) is 10.7. The predicted octanol–water partition coefficient (Wildman–Crippen LogP) is 6.40. The van der Waals surface area contributed by atoms with Gasteiger partial charge in [-0.2, -0.15) is 0 Å². The number of halogens is 1. The topological polar surface area (TPSA) is 171 Å². The summed E-state index contributed by atoms with van der Waals surface area (Å²) in [7, 11) is 0. The number of para-hydroxylation sites is 1. The lowest BCUT2D eigenvalue weighted by atomic mass is 9.94. The molecule has 5 aromatic rings. The van der Waals surface area contributed by atoms with Crippen LogP contribution in [0.5, 0.6) is 5.75 Å². The van der Waals surface area contributed by atoms with E-state index in [2.05, 4.69) is 51.9 Å². The number of pyridine rings is 1. The summed E-state index contributed by atoms with van der Waals surface area (Å²) in [5, 5.41) is 22.5. The number of benzene rings is 2. The highest BCUT2D eigenvalue weighted by molar-refractivity contribution is 6.06. The molecule has 3 amide bonds. The lowest BCUT2D eigenvalue weighted by Gasteiger charge is -2.46. The van der Waals surface area contributed by atoms with Crippen LogP contribution in [0.2, 0.25) is 0 Å². The van der Waals surface area contributed by atoms with E-state index in [0.29, 0.717) is 60.0 Å². The number of phenols is 1. The predicted molar refractivity (Wildman–Crippen MR) is 253 cm³/mol. The van der Waals surface area contributed by atoms with E-state index in [0.717, 1.165) is 120 Å². The van der Waals surface area contributed by atoms with Gasteiger partial charge in [0.1, 0.15) is 17.2 Å². The molecular formula is C50H58FN11O5. The van der Waals surface area contributed by atoms with E-state index >= 15 is 4.39 Å². The van der Waals surface area contributed by atoms with Gasteiger partial charge in [0, 0.05) is 107 Å². The number of urea groups is 1. The Balaban J connectivity index is 0.638. The molecule has 0 radical (unpaired) electrons. The number of carbonyl (C=O) groups is 2. The molecule has 12 rings (SSSR count). The molecular weight excluding hydrogens is 854 g/mol. The van der Waals surface area contributed by atoms with Crippen LogP contribution in [0.1, 0.15) is 75.3 Å². The third kappa shape index (κ3) is 7.97. The zero-order valence-corrected chi connectivity index (χ0v) is 37.7. The van der Waals surface area contributed by atoms with E-state index in [9.17, 15) is 14.7 Å². The van der Waals surface area contributed by atoms with Gasteiger partial charge in [-0.25, -0.2) is 14.2 Å². The molecule has 1 saturated carbocycles. The number of amides is 3. The maximum atomic E-state index is 15.7. The van der Waals surface area contributed by atoms with Crippen LogP contribution in [-0.4, -0.2) is 125 Å². The second-order valence-electron chi connectivity index (χ2n) is 19.9. The lowest BCUT2D eigenvalue weighted by Crippen LogP contribution is -2.54. The zero-order valence-electron chi connectivity index (χ0n) is 37.7. The molecule has 1 aliphatic carbocycles. The number of piperidine rings is 2. The van der Waals surface area contributed by atoms with E-state index in [1.807, 2.05) is 30.3 Å². The van der Waals surface area contributed by atoms with Gasteiger partial charge < -0.3 is 44.5 Å². The van der Waals surface area contributed by atoms with Gasteiger partial charge in [0.15, 0.2) is 11.6 Å². The van der Waals surface area contributed by atoms with Crippen molar-refractivity contribution in [3.8, 4) is 17.0 Å². The second-order valence-corrected chi connectivity index (χ2v) is 19.9. The van der Waals surface area contributed by atoms with Crippen LogP contribution >= 0.6 is 0 Å². The molecule has 4 N–H and O–H groups in total. The number of phenolic OH excluding ortho intramolecular Hbond substituents is 1. The number of nitrogen functional groups attached to an aromatic ring is 1. The minimum absolute atomic E-state index is 0.00837. The average molecular weight is 912 g/mol. The fourth-order valence-electron chi connectivity index (χ4n) is 11.8. The third-order valence-electron chi connectivity index (χ3n) is 15.7. The summed E-state index contributed by atoms with van der Waals surface area (Å²) in [5.41, 5.74) is 13.0. The van der Waals surface area contributed by atoms with Crippen LogP contribution in [0.15, 0.2) is 67.0 Å². The third-order valence-corrected chi connectivity index (χ3v) is 15.7. The summed E-state index contributed by atoms with van der Waals surface area (Å²) < 4.78 is 31.1. The number of aromatic nitrogens is 4. The summed E-state index contributed by atoms with van der Waals surface area (Å²) in [5.74, 6) is 0.561. The Labute approximate surface area is 388 Å². The van der Waals surface area contributed by atoms with Crippen LogP contribution in [0.4, 0.5) is 37.8 Å². The van der Waals surface area contributed by atoms with Crippen LogP contribution in [-0.2, 0) is 14.3 Å². The summed E-state index contributed by atoms with van der Waals surface area (Å²) in [6.45, 7) is 7.47. The number of ether oxygens (including phenoxy) is 2. The van der Waals surface area contributed by atoms with E-state index in [4.69, 9.17) is 20.2 Å². The number of nitrogens with zero attached hydrogens (tertiary/aromatic N) is 9. The summed E-state index contributed by atoms with van der Waals surface area (Å²) >= 11 is 0. The highest BCUT2D eigenvalue weighted by Gasteiger charge is 2.44. The van der Waals surface area contributed by atoms with Crippen LogP contribution < -0.4 is 30.7 Å². The Morgan fingerprint density at radius 2 is 1.58 bits per heavy atom. The SMILES string of the molecule is Nc1nnc(-c2ccccc2O)cc1N1CC2CCC(C1)N2c1ccc(F)c(N2CCC(CN3CCC4(CC3)OCC(n3cc(C5CC5)c5cc(N6CCC(=O)NC6=O)cnc53)CO4)CC2)c1.